The van der Waals surface area contributed by atoms with Gasteiger partial charge in [-0.05, 0) is 18.9 Å². The molecule has 2 fully saturated rings. The van der Waals surface area contributed by atoms with E-state index in [1.807, 2.05) is 0 Å². The fourth-order valence-electron chi connectivity index (χ4n) is 2.78. The van der Waals surface area contributed by atoms with Crippen molar-refractivity contribution < 1.29 is 4.79 Å². The van der Waals surface area contributed by atoms with Gasteiger partial charge in [0.1, 0.15) is 10.7 Å². The molecule has 96 valence electrons. The molecule has 2 aliphatic rings. The summed E-state index contributed by atoms with van der Waals surface area (Å²) < 4.78 is 0. The fourth-order valence-corrected chi connectivity index (χ4v) is 2.89. The van der Waals surface area contributed by atoms with Gasteiger partial charge in [-0.3, -0.25) is 9.59 Å². The Morgan fingerprint density at radius 2 is 2.33 bits per heavy atom. The normalized spacial score (nSPS) is 29.5. The van der Waals surface area contributed by atoms with Crippen LogP contribution in [0.15, 0.2) is 17.1 Å². The quantitative estimate of drug-likeness (QED) is 0.818. The molecule has 3 heterocycles. The number of halogens is 1. The predicted octanol–water partition coefficient (Wildman–Crippen LogP) is 0.462. The monoisotopic (exact) mass is 267 g/mol. The van der Waals surface area contributed by atoms with Crippen LogP contribution in [0.3, 0.4) is 0 Å². The maximum absolute atomic E-state index is 12.0. The van der Waals surface area contributed by atoms with Gasteiger partial charge in [-0.2, -0.15) is 0 Å². The number of nitrogens with zero attached hydrogens (tertiary/aromatic N) is 1. The minimum Gasteiger partial charge on any atom is -0.356 e. The molecule has 1 aromatic heterocycles. The number of carbonyl (C=O) groups excluding carboxylic acids is 1. The zero-order valence-corrected chi connectivity index (χ0v) is 10.5. The number of amides is 1. The lowest BCUT2D eigenvalue weighted by molar-refractivity contribution is 0.0919. The number of aromatic amines is 1. The van der Waals surface area contributed by atoms with Crippen LogP contribution in [0.25, 0.3) is 0 Å². The second kappa shape index (κ2) is 4.40. The number of pyridine rings is 1. The molecule has 3 atom stereocenters. The highest BCUT2D eigenvalue weighted by Gasteiger charge is 2.38. The molecule has 5 nitrogen and oxygen atoms in total. The topological polar surface area (TPSA) is 65.2 Å². The minimum atomic E-state index is -0.336. The van der Waals surface area contributed by atoms with Crippen LogP contribution >= 0.6 is 11.6 Å². The Morgan fingerprint density at radius 3 is 2.94 bits per heavy atom. The molecule has 0 aliphatic carbocycles. The molecule has 1 aromatic rings. The van der Waals surface area contributed by atoms with Crippen molar-refractivity contribution in [2.24, 2.45) is 5.92 Å². The Morgan fingerprint density at radius 1 is 1.50 bits per heavy atom. The first-order valence-electron chi connectivity index (χ1n) is 6.05. The van der Waals surface area contributed by atoms with Crippen LogP contribution in [0.1, 0.15) is 16.9 Å². The summed E-state index contributed by atoms with van der Waals surface area (Å²) in [6.07, 6.45) is 2.49. The zero-order chi connectivity index (χ0) is 12.7. The average molecular weight is 268 g/mol. The maximum Gasteiger partial charge on any atom is 0.268 e. The molecule has 0 radical (unpaired) electrons. The van der Waals surface area contributed by atoms with Gasteiger partial charge < -0.3 is 15.2 Å². The number of hydrogen-bond acceptors (Lipinski definition) is 3. The molecule has 2 N–H and O–H groups in total. The number of nitrogens with one attached hydrogen (secondary N) is 2. The summed E-state index contributed by atoms with van der Waals surface area (Å²) >= 11 is 5.62. The van der Waals surface area contributed by atoms with E-state index in [9.17, 15) is 9.59 Å². The van der Waals surface area contributed by atoms with Crippen LogP contribution in [0.2, 0.25) is 5.02 Å². The van der Waals surface area contributed by atoms with Gasteiger partial charge in [0, 0.05) is 31.4 Å². The lowest BCUT2D eigenvalue weighted by atomic mass is 10.00. The van der Waals surface area contributed by atoms with Gasteiger partial charge in [-0.25, -0.2) is 0 Å². The molecule has 3 unspecified atom stereocenters. The van der Waals surface area contributed by atoms with Crippen molar-refractivity contribution in [1.29, 1.82) is 0 Å². The summed E-state index contributed by atoms with van der Waals surface area (Å²) in [5, 5.41) is 3.07. The molecule has 0 spiro atoms. The van der Waals surface area contributed by atoms with Gasteiger partial charge in [0.15, 0.2) is 0 Å². The molecule has 2 aliphatic heterocycles. The van der Waals surface area contributed by atoms with E-state index < -0.39 is 0 Å². The highest BCUT2D eigenvalue weighted by Crippen LogP contribution is 2.27. The van der Waals surface area contributed by atoms with Crippen LogP contribution in [0.4, 0.5) is 0 Å². The highest BCUT2D eigenvalue weighted by molar-refractivity contribution is 6.30. The summed E-state index contributed by atoms with van der Waals surface area (Å²) in [6.45, 7) is 3.12. The minimum absolute atomic E-state index is 0.0950. The van der Waals surface area contributed by atoms with Crippen molar-refractivity contribution in [2.75, 3.05) is 19.6 Å². The van der Waals surface area contributed by atoms with Gasteiger partial charge in [0.2, 0.25) is 5.43 Å². The molecule has 6 heteroatoms. The molecular weight excluding hydrogens is 254 g/mol. The predicted molar refractivity (Wildman–Crippen MR) is 67.9 cm³/mol. The van der Waals surface area contributed by atoms with Crippen molar-refractivity contribution in [3.05, 3.63) is 33.2 Å². The Hall–Kier alpha value is -1.33. The van der Waals surface area contributed by atoms with E-state index in [1.165, 1.54) is 12.3 Å². The molecule has 0 saturated carbocycles. The lowest BCUT2D eigenvalue weighted by Gasteiger charge is -2.23. The van der Waals surface area contributed by atoms with Crippen LogP contribution < -0.4 is 10.7 Å². The molecular formula is C12H14ClN3O2. The Bertz CT molecular complexity index is 542. The molecule has 3 rings (SSSR count). The third-order valence-corrected chi connectivity index (χ3v) is 4.05. The first-order chi connectivity index (χ1) is 8.63. The largest absolute Gasteiger partial charge is 0.356 e. The van der Waals surface area contributed by atoms with E-state index in [1.54, 1.807) is 0 Å². The molecule has 0 aromatic carbocycles. The van der Waals surface area contributed by atoms with Crippen molar-refractivity contribution in [3.8, 4) is 0 Å². The second-order valence-corrected chi connectivity index (χ2v) is 5.35. The van der Waals surface area contributed by atoms with Gasteiger partial charge >= 0.3 is 0 Å². The SMILES string of the molecule is O=C(NC1CN2CCC1C2)c1cc(=O)c(Cl)c[nH]1. The molecule has 2 saturated heterocycles. The van der Waals surface area contributed by atoms with Crippen LogP contribution in [-0.4, -0.2) is 41.5 Å². The van der Waals surface area contributed by atoms with Crippen LogP contribution in [-0.2, 0) is 0 Å². The third-order valence-electron chi connectivity index (χ3n) is 3.76. The first kappa shape index (κ1) is 11.7. The van der Waals surface area contributed by atoms with E-state index in [-0.39, 0.29) is 28.1 Å². The van der Waals surface area contributed by atoms with Crippen molar-refractivity contribution in [3.63, 3.8) is 0 Å². The summed E-state index contributed by atoms with van der Waals surface area (Å²) in [5.41, 5.74) is -0.0700. The van der Waals surface area contributed by atoms with Gasteiger partial charge in [0.25, 0.3) is 5.91 Å². The standard InChI is InChI=1S/C12H14ClN3O2/c13-8-4-14-9(3-11(8)17)12(18)15-10-6-16-2-1-7(10)5-16/h3-4,7,10H,1-2,5-6H2,(H,14,17)(H,15,18). The zero-order valence-electron chi connectivity index (χ0n) is 9.78. The Labute approximate surface area is 109 Å². The number of rotatable bonds is 2. The van der Waals surface area contributed by atoms with Crippen molar-refractivity contribution in [2.45, 2.75) is 12.5 Å². The Kier molecular flexibility index (Phi) is 2.87. The summed E-state index contributed by atoms with van der Waals surface area (Å²) in [4.78, 5) is 28.5. The summed E-state index contributed by atoms with van der Waals surface area (Å²) in [7, 11) is 0. The van der Waals surface area contributed by atoms with E-state index >= 15 is 0 Å². The van der Waals surface area contributed by atoms with Gasteiger partial charge in [-0.15, -0.1) is 0 Å². The van der Waals surface area contributed by atoms with Gasteiger partial charge in [0.05, 0.1) is 0 Å². The van der Waals surface area contributed by atoms with E-state index in [0.717, 1.165) is 26.1 Å². The average Bonchev–Trinajstić information content (AvgIpc) is 2.94. The molecule has 1 amide bonds. The van der Waals surface area contributed by atoms with Crippen molar-refractivity contribution in [1.82, 2.24) is 15.2 Å². The van der Waals surface area contributed by atoms with Crippen molar-refractivity contribution >= 4 is 17.5 Å². The number of piperidine rings is 1. The fraction of sp³-hybridized carbons (Fsp3) is 0.500. The molecule has 2 bridgehead atoms. The Balaban J connectivity index is 1.71. The molecule has 18 heavy (non-hydrogen) atoms. The van der Waals surface area contributed by atoms with E-state index in [4.69, 9.17) is 11.6 Å². The highest BCUT2D eigenvalue weighted by atomic mass is 35.5. The third kappa shape index (κ3) is 2.04. The van der Waals surface area contributed by atoms with E-state index in [0.29, 0.717) is 5.92 Å². The first-order valence-corrected chi connectivity index (χ1v) is 6.43. The van der Waals surface area contributed by atoms with Crippen LogP contribution in [0, 0.1) is 5.92 Å². The summed E-state index contributed by atoms with van der Waals surface area (Å²) in [5.74, 6) is 0.315. The number of aromatic nitrogens is 1. The second-order valence-electron chi connectivity index (χ2n) is 4.95. The number of fused-ring (bicyclic) bond motifs is 2. The smallest absolute Gasteiger partial charge is 0.268 e. The number of carbonyl (C=O) groups is 1. The lowest BCUT2D eigenvalue weighted by Crippen LogP contribution is -2.43. The van der Waals surface area contributed by atoms with E-state index in [2.05, 4.69) is 15.2 Å². The van der Waals surface area contributed by atoms with Crippen LogP contribution in [0.5, 0.6) is 0 Å². The maximum atomic E-state index is 12.0. The summed E-state index contributed by atoms with van der Waals surface area (Å²) in [6, 6.07) is 1.44. The number of H-pyrrole nitrogens is 1. The number of hydrogen-bond donors (Lipinski definition) is 2. The van der Waals surface area contributed by atoms with Gasteiger partial charge in [-0.1, -0.05) is 11.6 Å².